The first-order chi connectivity index (χ1) is 15.8. The van der Waals surface area contributed by atoms with Gasteiger partial charge in [0.05, 0.1) is 23.6 Å². The van der Waals surface area contributed by atoms with Crippen LogP contribution >= 0.6 is 0 Å². The lowest BCUT2D eigenvalue weighted by Crippen LogP contribution is -2.16. The molecule has 0 aliphatic heterocycles. The highest BCUT2D eigenvalue weighted by atomic mass is 15.3. The third-order valence-corrected chi connectivity index (χ3v) is 5.40. The SMILES string of the molecule is Cc1cccc(-c2[nH]c(CNCCCc3ccccc3)nc2-c2ccc3ncnn3c2)n1. The number of H-pyrrole nitrogens is 1. The summed E-state index contributed by atoms with van der Waals surface area (Å²) >= 11 is 0. The molecule has 7 heteroatoms. The summed E-state index contributed by atoms with van der Waals surface area (Å²) in [6, 6.07) is 20.6. The van der Waals surface area contributed by atoms with E-state index in [1.165, 1.54) is 5.56 Å². The summed E-state index contributed by atoms with van der Waals surface area (Å²) in [4.78, 5) is 17.4. The second kappa shape index (κ2) is 9.11. The summed E-state index contributed by atoms with van der Waals surface area (Å²) in [6.45, 7) is 3.59. The van der Waals surface area contributed by atoms with Gasteiger partial charge >= 0.3 is 0 Å². The Bertz CT molecular complexity index is 1320. The number of benzene rings is 1. The molecule has 1 aromatic carbocycles. The van der Waals surface area contributed by atoms with Crippen molar-refractivity contribution in [3.05, 3.63) is 90.3 Å². The first-order valence-electron chi connectivity index (χ1n) is 10.8. The van der Waals surface area contributed by atoms with Gasteiger partial charge in [-0.1, -0.05) is 36.4 Å². The van der Waals surface area contributed by atoms with Crippen molar-refractivity contribution in [2.45, 2.75) is 26.3 Å². The smallest absolute Gasteiger partial charge is 0.155 e. The van der Waals surface area contributed by atoms with E-state index in [1.54, 1.807) is 10.8 Å². The van der Waals surface area contributed by atoms with Crippen molar-refractivity contribution in [1.82, 2.24) is 34.9 Å². The number of hydrogen-bond acceptors (Lipinski definition) is 5. The third-order valence-electron chi connectivity index (χ3n) is 5.40. The minimum Gasteiger partial charge on any atom is -0.339 e. The minimum atomic E-state index is 0.666. The molecular weight excluding hydrogens is 398 g/mol. The Kier molecular flexibility index (Phi) is 5.72. The molecule has 5 rings (SSSR count). The number of aromatic amines is 1. The molecule has 0 spiro atoms. The molecule has 4 aromatic heterocycles. The van der Waals surface area contributed by atoms with Gasteiger partial charge in [0, 0.05) is 17.5 Å². The highest BCUT2D eigenvalue weighted by Crippen LogP contribution is 2.29. The summed E-state index contributed by atoms with van der Waals surface area (Å²) in [5.74, 6) is 0.886. The molecular formula is C25H25N7. The van der Waals surface area contributed by atoms with Gasteiger partial charge in [0.25, 0.3) is 0 Å². The Morgan fingerprint density at radius 2 is 1.88 bits per heavy atom. The summed E-state index contributed by atoms with van der Waals surface area (Å²) in [5, 5.41) is 7.77. The lowest BCUT2D eigenvalue weighted by atomic mass is 10.1. The van der Waals surface area contributed by atoms with Gasteiger partial charge in [-0.15, -0.1) is 0 Å². The topological polar surface area (TPSA) is 83.8 Å². The summed E-state index contributed by atoms with van der Waals surface area (Å²) < 4.78 is 1.76. The van der Waals surface area contributed by atoms with Crippen molar-refractivity contribution in [2.24, 2.45) is 0 Å². The maximum absolute atomic E-state index is 4.91. The van der Waals surface area contributed by atoms with Crippen LogP contribution < -0.4 is 5.32 Å². The lowest BCUT2D eigenvalue weighted by Gasteiger charge is -2.04. The highest BCUT2D eigenvalue weighted by Gasteiger charge is 2.16. The molecule has 0 aliphatic carbocycles. The Balaban J connectivity index is 1.36. The van der Waals surface area contributed by atoms with Gasteiger partial charge in [-0.2, -0.15) is 5.10 Å². The lowest BCUT2D eigenvalue weighted by molar-refractivity contribution is 0.633. The zero-order chi connectivity index (χ0) is 21.8. The van der Waals surface area contributed by atoms with Gasteiger partial charge < -0.3 is 10.3 Å². The van der Waals surface area contributed by atoms with Crippen LogP contribution in [0.15, 0.2) is 73.2 Å². The number of aryl methyl sites for hydroxylation is 2. The largest absolute Gasteiger partial charge is 0.339 e. The number of hydrogen-bond donors (Lipinski definition) is 2. The number of pyridine rings is 2. The van der Waals surface area contributed by atoms with Gasteiger partial charge in [-0.05, 0) is 56.1 Å². The van der Waals surface area contributed by atoms with Gasteiger partial charge in [-0.3, -0.25) is 4.98 Å². The molecule has 0 aliphatic rings. The molecule has 160 valence electrons. The van der Waals surface area contributed by atoms with Crippen molar-refractivity contribution in [1.29, 1.82) is 0 Å². The van der Waals surface area contributed by atoms with E-state index in [0.29, 0.717) is 6.54 Å². The molecule has 5 aromatic rings. The fourth-order valence-corrected chi connectivity index (χ4v) is 3.81. The van der Waals surface area contributed by atoms with Crippen LogP contribution in [0.2, 0.25) is 0 Å². The fraction of sp³-hybridized carbons (Fsp3) is 0.200. The quantitative estimate of drug-likeness (QED) is 0.365. The number of nitrogens with one attached hydrogen (secondary N) is 2. The fourth-order valence-electron chi connectivity index (χ4n) is 3.81. The molecule has 0 amide bonds. The number of aromatic nitrogens is 6. The Morgan fingerprint density at radius 3 is 2.75 bits per heavy atom. The normalized spacial score (nSPS) is 11.3. The van der Waals surface area contributed by atoms with Crippen molar-refractivity contribution in [3.63, 3.8) is 0 Å². The third kappa shape index (κ3) is 4.43. The van der Waals surface area contributed by atoms with Crippen LogP contribution in [0.25, 0.3) is 28.3 Å². The van der Waals surface area contributed by atoms with Crippen LogP contribution in [0.1, 0.15) is 23.5 Å². The molecule has 0 unspecified atom stereocenters. The van der Waals surface area contributed by atoms with Gasteiger partial charge in [-0.25, -0.2) is 14.5 Å². The Morgan fingerprint density at radius 1 is 0.969 bits per heavy atom. The van der Waals surface area contributed by atoms with E-state index < -0.39 is 0 Å². The monoisotopic (exact) mass is 423 g/mol. The van der Waals surface area contributed by atoms with Crippen molar-refractivity contribution in [3.8, 4) is 22.6 Å². The standard InChI is InChI=1S/C25H25N7/c1-18-7-5-11-21(29-18)25-24(20-12-13-23-27-17-28-32(23)16-20)30-22(31-25)15-26-14-6-10-19-8-3-2-4-9-19/h2-5,7-9,11-13,16-17,26H,6,10,14-15H2,1H3,(H,30,31). The van der Waals surface area contributed by atoms with E-state index in [4.69, 9.17) is 9.97 Å². The van der Waals surface area contributed by atoms with Crippen LogP contribution in [-0.2, 0) is 13.0 Å². The van der Waals surface area contributed by atoms with Crippen LogP contribution in [0.4, 0.5) is 0 Å². The minimum absolute atomic E-state index is 0.666. The summed E-state index contributed by atoms with van der Waals surface area (Å²) in [7, 11) is 0. The average molecular weight is 424 g/mol. The zero-order valence-electron chi connectivity index (χ0n) is 18.0. The molecule has 2 N–H and O–H groups in total. The van der Waals surface area contributed by atoms with Crippen LogP contribution in [0, 0.1) is 6.92 Å². The Hall–Kier alpha value is -3.84. The average Bonchev–Trinajstić information content (AvgIpc) is 3.46. The van der Waals surface area contributed by atoms with Crippen molar-refractivity contribution < 1.29 is 0 Å². The van der Waals surface area contributed by atoms with Gasteiger partial charge in [0.1, 0.15) is 12.2 Å². The number of nitrogens with zero attached hydrogens (tertiary/aromatic N) is 5. The van der Waals surface area contributed by atoms with E-state index in [2.05, 4.69) is 50.7 Å². The second-order valence-corrected chi connectivity index (χ2v) is 7.82. The first-order valence-corrected chi connectivity index (χ1v) is 10.8. The molecule has 0 bridgehead atoms. The maximum Gasteiger partial charge on any atom is 0.155 e. The van der Waals surface area contributed by atoms with Crippen LogP contribution in [-0.4, -0.2) is 36.1 Å². The highest BCUT2D eigenvalue weighted by molar-refractivity contribution is 5.77. The molecule has 7 nitrogen and oxygen atoms in total. The van der Waals surface area contributed by atoms with Crippen molar-refractivity contribution >= 4 is 5.65 Å². The van der Waals surface area contributed by atoms with Crippen LogP contribution in [0.5, 0.6) is 0 Å². The zero-order valence-corrected chi connectivity index (χ0v) is 18.0. The molecule has 0 saturated heterocycles. The molecule has 32 heavy (non-hydrogen) atoms. The van der Waals surface area contributed by atoms with E-state index >= 15 is 0 Å². The molecule has 0 fully saturated rings. The molecule has 0 radical (unpaired) electrons. The van der Waals surface area contributed by atoms with Gasteiger partial charge in [0.15, 0.2) is 5.65 Å². The van der Waals surface area contributed by atoms with Gasteiger partial charge in [0.2, 0.25) is 0 Å². The van der Waals surface area contributed by atoms with Crippen LogP contribution in [0.3, 0.4) is 0 Å². The summed E-state index contributed by atoms with van der Waals surface area (Å²) in [6.07, 6.45) is 5.65. The Labute approximate surface area is 186 Å². The second-order valence-electron chi connectivity index (χ2n) is 7.82. The maximum atomic E-state index is 4.91. The predicted octanol–water partition coefficient (Wildman–Crippen LogP) is 4.21. The number of imidazole rings is 1. The first kappa shape index (κ1) is 20.1. The summed E-state index contributed by atoms with van der Waals surface area (Å²) in [5.41, 5.74) is 6.76. The van der Waals surface area contributed by atoms with E-state index in [9.17, 15) is 0 Å². The van der Waals surface area contributed by atoms with E-state index in [1.807, 2.05) is 43.5 Å². The number of fused-ring (bicyclic) bond motifs is 1. The predicted molar refractivity (Wildman–Crippen MR) is 125 cm³/mol. The number of rotatable bonds is 8. The van der Waals surface area contributed by atoms with E-state index in [-0.39, 0.29) is 0 Å². The molecule has 4 heterocycles. The van der Waals surface area contributed by atoms with Crippen molar-refractivity contribution in [2.75, 3.05) is 6.54 Å². The molecule has 0 atom stereocenters. The van der Waals surface area contributed by atoms with E-state index in [0.717, 1.165) is 59.2 Å². The molecule has 0 saturated carbocycles.